The zero-order valence-electron chi connectivity index (χ0n) is 28.0. The first kappa shape index (κ1) is 30.7. The molecule has 0 saturated carbocycles. The molecule has 0 amide bonds. The van der Waals surface area contributed by atoms with E-state index >= 15 is 0 Å². The third-order valence-electron chi connectivity index (χ3n) is 10.1. The Morgan fingerprint density at radius 1 is 0.442 bits per heavy atom. The van der Waals surface area contributed by atoms with Crippen molar-refractivity contribution in [3.63, 3.8) is 0 Å². The zero-order valence-corrected chi connectivity index (χ0v) is 29.8. The van der Waals surface area contributed by atoms with Gasteiger partial charge in [0.15, 0.2) is 5.82 Å². The van der Waals surface area contributed by atoms with Crippen molar-refractivity contribution in [1.82, 2.24) is 14.5 Å². The van der Waals surface area contributed by atoms with Gasteiger partial charge in [0, 0.05) is 46.0 Å². The van der Waals surface area contributed by atoms with Gasteiger partial charge in [-0.05, 0) is 63.9 Å². The molecule has 6 heteroatoms. The molecule has 0 aliphatic carbocycles. The second-order valence-electron chi connectivity index (χ2n) is 13.0. The molecule has 9 aromatic rings. The Kier molecular flexibility index (Phi) is 7.24. The summed E-state index contributed by atoms with van der Waals surface area (Å²) >= 11 is 6.55. The predicted molar refractivity (Wildman–Crippen MR) is 222 cm³/mol. The van der Waals surface area contributed by atoms with Crippen LogP contribution in [0.1, 0.15) is 0 Å². The third-order valence-corrected chi connectivity index (χ3v) is 15.1. The monoisotopic (exact) mass is 702 g/mol. The van der Waals surface area contributed by atoms with Gasteiger partial charge in [0.05, 0.1) is 28.1 Å². The number of benzene rings is 7. The van der Waals surface area contributed by atoms with Gasteiger partial charge in [-0.3, -0.25) is 0 Å². The quantitative estimate of drug-likeness (QED) is 0.162. The topological polar surface area (TPSA) is 34.0 Å². The minimum Gasteiger partial charge on any atom is -0.306 e. The second-order valence-corrected chi connectivity index (χ2v) is 17.4. The Bertz CT molecular complexity index is 2760. The highest BCUT2D eigenvalue weighted by atomic mass is 32.4. The summed E-state index contributed by atoms with van der Waals surface area (Å²) in [4.78, 5) is 12.2. The lowest BCUT2D eigenvalue weighted by atomic mass is 10.0. The van der Waals surface area contributed by atoms with E-state index in [1.165, 1.54) is 32.4 Å². The number of fused-ring (bicyclic) bond motifs is 5. The second kappa shape index (κ2) is 12.3. The van der Waals surface area contributed by atoms with Crippen LogP contribution < -0.4 is 20.8 Å². The molecule has 0 N–H and O–H groups in total. The molecule has 0 bridgehead atoms. The Morgan fingerprint density at radius 2 is 1.02 bits per heavy atom. The molecule has 2 aromatic heterocycles. The molecule has 0 fully saturated rings. The van der Waals surface area contributed by atoms with E-state index in [0.29, 0.717) is 5.82 Å². The van der Waals surface area contributed by atoms with Crippen molar-refractivity contribution >= 4 is 72.6 Å². The number of para-hydroxylation sites is 3. The summed E-state index contributed by atoms with van der Waals surface area (Å²) < 4.78 is 2.40. The molecule has 0 spiro atoms. The van der Waals surface area contributed by atoms with Crippen LogP contribution in [0.4, 0.5) is 17.1 Å². The molecule has 0 atom stereocenters. The van der Waals surface area contributed by atoms with Crippen molar-refractivity contribution in [2.24, 2.45) is 0 Å². The van der Waals surface area contributed by atoms with E-state index in [1.54, 1.807) is 0 Å². The maximum atomic E-state index is 6.55. The largest absolute Gasteiger partial charge is 0.306 e. The van der Waals surface area contributed by atoms with Crippen LogP contribution in [0.25, 0.3) is 50.0 Å². The Balaban J connectivity index is 1.03. The molecular formula is C46H31N4PS. The minimum absolute atomic E-state index is 0.682. The van der Waals surface area contributed by atoms with Crippen molar-refractivity contribution in [1.29, 1.82) is 0 Å². The molecule has 4 nitrogen and oxygen atoms in total. The zero-order chi connectivity index (χ0) is 34.6. The van der Waals surface area contributed by atoms with Crippen LogP contribution in [-0.4, -0.2) is 14.5 Å². The summed E-state index contributed by atoms with van der Waals surface area (Å²) in [5, 5.41) is 6.02. The number of hydrogen-bond donors (Lipinski definition) is 0. The van der Waals surface area contributed by atoms with Gasteiger partial charge >= 0.3 is 0 Å². The number of anilines is 3. The average molecular weight is 703 g/mol. The van der Waals surface area contributed by atoms with Crippen molar-refractivity contribution in [2.45, 2.75) is 0 Å². The minimum atomic E-state index is -2.22. The van der Waals surface area contributed by atoms with Crippen LogP contribution in [0.15, 0.2) is 188 Å². The summed E-state index contributed by atoms with van der Waals surface area (Å²) in [7, 11) is 0. The summed E-state index contributed by atoms with van der Waals surface area (Å²) in [5.74, 6) is 0.682. The van der Waals surface area contributed by atoms with Crippen LogP contribution in [0.5, 0.6) is 0 Å². The summed E-state index contributed by atoms with van der Waals surface area (Å²) in [6, 6.07) is 59.9. The molecule has 0 unspecified atom stereocenters. The fourth-order valence-corrected chi connectivity index (χ4v) is 11.4. The number of nitrogens with zero attached hydrogens (tertiary/aromatic N) is 4. The Labute approximate surface area is 307 Å². The Morgan fingerprint density at radius 3 is 1.71 bits per heavy atom. The summed E-state index contributed by atoms with van der Waals surface area (Å²) in [5.41, 5.74) is 9.84. The van der Waals surface area contributed by atoms with Crippen LogP contribution in [-0.2, 0) is 11.8 Å². The summed E-state index contributed by atoms with van der Waals surface area (Å²) in [6.07, 6.45) is 3.85. The molecule has 246 valence electrons. The number of hydrogen-bond acceptors (Lipinski definition) is 4. The fraction of sp³-hybridized carbons (Fsp3) is 0. The van der Waals surface area contributed by atoms with Crippen LogP contribution in [0.3, 0.4) is 0 Å². The normalized spacial score (nSPS) is 12.3. The van der Waals surface area contributed by atoms with Gasteiger partial charge in [-0.2, -0.15) is 0 Å². The first-order valence-electron chi connectivity index (χ1n) is 17.3. The molecule has 10 rings (SSSR count). The van der Waals surface area contributed by atoms with Gasteiger partial charge in [-0.15, -0.1) is 0 Å². The van der Waals surface area contributed by atoms with Crippen LogP contribution in [0, 0.1) is 0 Å². The van der Waals surface area contributed by atoms with E-state index in [-0.39, 0.29) is 0 Å². The van der Waals surface area contributed by atoms with Crippen molar-refractivity contribution in [3.05, 3.63) is 188 Å². The number of rotatable bonds is 6. The third kappa shape index (κ3) is 4.78. The summed E-state index contributed by atoms with van der Waals surface area (Å²) in [6.45, 7) is 0. The van der Waals surface area contributed by atoms with E-state index in [0.717, 1.165) is 44.7 Å². The highest BCUT2D eigenvalue weighted by Gasteiger charge is 2.29. The van der Waals surface area contributed by atoms with Crippen molar-refractivity contribution in [2.75, 3.05) is 4.90 Å². The molecule has 1 aliphatic heterocycles. The van der Waals surface area contributed by atoms with E-state index in [2.05, 4.69) is 173 Å². The van der Waals surface area contributed by atoms with Gasteiger partial charge in [0.25, 0.3) is 0 Å². The molecule has 0 saturated heterocycles. The van der Waals surface area contributed by atoms with Gasteiger partial charge < -0.3 is 9.47 Å². The fourth-order valence-electron chi connectivity index (χ4n) is 7.66. The van der Waals surface area contributed by atoms with Gasteiger partial charge in [-0.25, -0.2) is 9.97 Å². The van der Waals surface area contributed by atoms with Crippen LogP contribution >= 0.6 is 6.04 Å². The molecule has 3 heterocycles. The molecular weight excluding hydrogens is 672 g/mol. The smallest absolute Gasteiger partial charge is 0.159 e. The predicted octanol–water partition coefficient (Wildman–Crippen LogP) is 10.4. The van der Waals surface area contributed by atoms with Gasteiger partial charge in [0.2, 0.25) is 0 Å². The molecule has 52 heavy (non-hydrogen) atoms. The lowest BCUT2D eigenvalue weighted by Gasteiger charge is -2.33. The maximum Gasteiger partial charge on any atom is 0.159 e. The van der Waals surface area contributed by atoms with Gasteiger partial charge in [-0.1, -0.05) is 145 Å². The molecule has 7 aromatic carbocycles. The van der Waals surface area contributed by atoms with E-state index in [4.69, 9.17) is 21.8 Å². The Hall–Kier alpha value is -6.13. The van der Waals surface area contributed by atoms with E-state index in [1.807, 2.05) is 24.5 Å². The highest BCUT2D eigenvalue weighted by molar-refractivity contribution is 8.25. The van der Waals surface area contributed by atoms with E-state index < -0.39 is 6.04 Å². The van der Waals surface area contributed by atoms with E-state index in [9.17, 15) is 0 Å². The SMILES string of the molecule is S=P(c1ccccc1)(c1ccccc1)c1ccc(-c2cnc(-c3ccc4c(c3)N(c3ccccc3)c3cccc5c6ccccc6n-4c35)nc2)cc1. The first-order valence-corrected chi connectivity index (χ1v) is 20.2. The van der Waals surface area contributed by atoms with Crippen molar-refractivity contribution < 1.29 is 0 Å². The molecule has 1 aliphatic rings. The average Bonchev–Trinajstić information content (AvgIpc) is 3.57. The lowest BCUT2D eigenvalue weighted by Crippen LogP contribution is -2.24. The molecule has 0 radical (unpaired) electrons. The van der Waals surface area contributed by atoms with Crippen LogP contribution in [0.2, 0.25) is 0 Å². The number of aromatic nitrogens is 3. The maximum absolute atomic E-state index is 6.55. The van der Waals surface area contributed by atoms with Crippen molar-refractivity contribution in [3.8, 4) is 28.2 Å². The standard InChI is InChI=1S/C46H31N4PS/c52-51(36-15-6-2-7-16-36,37-17-8-3-9-18-37)38-26-23-32(24-27-38)34-30-47-46(48-31-34)33-25-28-42-44(29-33)49(35-13-4-1-5-14-35)43-22-12-20-40-39-19-10-11-21-41(39)50(42)45(40)43/h1-31H. The lowest BCUT2D eigenvalue weighted by molar-refractivity contribution is 1.11. The highest BCUT2D eigenvalue weighted by Crippen LogP contribution is 2.50. The van der Waals surface area contributed by atoms with Gasteiger partial charge in [0.1, 0.15) is 0 Å². The first-order chi connectivity index (χ1) is 25.7.